The normalized spacial score (nSPS) is 15.4. The molecule has 0 bridgehead atoms. The van der Waals surface area contributed by atoms with Crippen molar-refractivity contribution < 1.29 is 14.3 Å². The molecule has 1 heterocycles. The van der Waals surface area contributed by atoms with Crippen molar-refractivity contribution in [3.05, 3.63) is 17.7 Å². The summed E-state index contributed by atoms with van der Waals surface area (Å²) in [5, 5.41) is 2.82. The number of anilines is 1. The number of benzene rings is 1. The molecule has 1 aliphatic rings. The lowest BCUT2D eigenvalue weighted by Crippen LogP contribution is -2.27. The quantitative estimate of drug-likeness (QED) is 0.893. The van der Waals surface area contributed by atoms with Gasteiger partial charge in [-0.2, -0.15) is 0 Å². The monoisotopic (exact) mass is 264 g/mol. The van der Waals surface area contributed by atoms with E-state index in [1.807, 2.05) is 19.9 Å². The Morgan fingerprint density at radius 3 is 2.68 bits per heavy atom. The third-order valence-corrected chi connectivity index (χ3v) is 3.00. The number of carbonyl (C=O) groups is 1. The predicted octanol–water partition coefficient (Wildman–Crippen LogP) is 2.50. The number of rotatable bonds is 2. The summed E-state index contributed by atoms with van der Waals surface area (Å²) in [6.45, 7) is 4.06. The van der Waals surface area contributed by atoms with E-state index in [0.717, 1.165) is 23.4 Å². The van der Waals surface area contributed by atoms with Crippen LogP contribution in [0.5, 0.6) is 11.5 Å². The van der Waals surface area contributed by atoms with Gasteiger partial charge in [-0.25, -0.2) is 4.79 Å². The van der Waals surface area contributed by atoms with Gasteiger partial charge < -0.3 is 19.7 Å². The first kappa shape index (κ1) is 13.5. The van der Waals surface area contributed by atoms with Crippen molar-refractivity contribution in [3.63, 3.8) is 0 Å². The van der Waals surface area contributed by atoms with Crippen LogP contribution in [0.3, 0.4) is 0 Å². The number of nitrogens with zero attached hydrogens (tertiary/aromatic N) is 1. The molecule has 1 aromatic rings. The average Bonchev–Trinajstić information content (AvgIpc) is 2.61. The molecule has 0 saturated heterocycles. The first-order valence-electron chi connectivity index (χ1n) is 6.20. The zero-order valence-electron chi connectivity index (χ0n) is 12.0. The zero-order valence-corrected chi connectivity index (χ0v) is 12.0. The molecule has 104 valence electrons. The molecule has 2 amide bonds. The molecule has 0 unspecified atom stereocenters. The van der Waals surface area contributed by atoms with E-state index in [1.165, 1.54) is 4.90 Å². The molecule has 5 heteroatoms. The van der Waals surface area contributed by atoms with Crippen LogP contribution in [0.4, 0.5) is 10.5 Å². The molecule has 0 spiro atoms. The lowest BCUT2D eigenvalue weighted by atomic mass is 10.0. The topological polar surface area (TPSA) is 50.8 Å². The highest BCUT2D eigenvalue weighted by molar-refractivity contribution is 5.89. The van der Waals surface area contributed by atoms with Crippen LogP contribution in [0.25, 0.3) is 0 Å². The first-order valence-corrected chi connectivity index (χ1v) is 6.20. The fraction of sp³-hybridized carbons (Fsp3) is 0.500. The fourth-order valence-corrected chi connectivity index (χ4v) is 2.14. The van der Waals surface area contributed by atoms with E-state index >= 15 is 0 Å². The average molecular weight is 264 g/mol. The van der Waals surface area contributed by atoms with Crippen LogP contribution in [0.1, 0.15) is 19.4 Å². The molecule has 0 fully saturated rings. The summed E-state index contributed by atoms with van der Waals surface area (Å²) >= 11 is 0. The lowest BCUT2D eigenvalue weighted by molar-refractivity contribution is 0.134. The Bertz CT molecular complexity index is 510. The minimum absolute atomic E-state index is 0.167. The van der Waals surface area contributed by atoms with Crippen LogP contribution in [-0.4, -0.2) is 37.7 Å². The van der Waals surface area contributed by atoms with Gasteiger partial charge in [0.15, 0.2) is 11.5 Å². The van der Waals surface area contributed by atoms with E-state index < -0.39 is 0 Å². The number of fused-ring (bicyclic) bond motifs is 1. The Kier molecular flexibility index (Phi) is 3.30. The lowest BCUT2D eigenvalue weighted by Gasteiger charge is -2.18. The molecular formula is C14H20N2O3. The van der Waals surface area contributed by atoms with E-state index in [4.69, 9.17) is 9.47 Å². The second-order valence-corrected chi connectivity index (χ2v) is 5.53. The van der Waals surface area contributed by atoms with Crippen molar-refractivity contribution >= 4 is 11.7 Å². The summed E-state index contributed by atoms with van der Waals surface area (Å²) in [5.41, 5.74) is 1.54. The highest BCUT2D eigenvalue weighted by Gasteiger charge is 2.33. The summed E-state index contributed by atoms with van der Waals surface area (Å²) in [6, 6.07) is 3.55. The van der Waals surface area contributed by atoms with Crippen LogP contribution >= 0.6 is 0 Å². The number of hydrogen-bond donors (Lipinski definition) is 1. The minimum Gasteiger partial charge on any atom is -0.493 e. The van der Waals surface area contributed by atoms with E-state index in [-0.39, 0.29) is 11.6 Å². The van der Waals surface area contributed by atoms with Gasteiger partial charge in [0.2, 0.25) is 0 Å². The van der Waals surface area contributed by atoms with Crippen molar-refractivity contribution in [2.45, 2.75) is 25.9 Å². The highest BCUT2D eigenvalue weighted by atomic mass is 16.5. The van der Waals surface area contributed by atoms with Crippen LogP contribution in [-0.2, 0) is 6.42 Å². The number of amides is 2. The van der Waals surface area contributed by atoms with E-state index in [9.17, 15) is 4.79 Å². The van der Waals surface area contributed by atoms with E-state index in [1.54, 1.807) is 27.3 Å². The van der Waals surface area contributed by atoms with E-state index in [2.05, 4.69) is 5.32 Å². The molecule has 2 rings (SSSR count). The number of urea groups is 1. The molecule has 19 heavy (non-hydrogen) atoms. The molecule has 1 aliphatic heterocycles. The number of ether oxygens (including phenoxy) is 2. The Labute approximate surface area is 113 Å². The van der Waals surface area contributed by atoms with Crippen LogP contribution in [0, 0.1) is 0 Å². The standard InChI is InChI=1S/C14H20N2O3/c1-14(2)8-9-6-10(15-13(17)16(3)4)7-11(18-5)12(9)19-14/h6-7H,8H2,1-5H3,(H,15,17). The third kappa shape index (κ3) is 2.75. The number of nitrogens with one attached hydrogen (secondary N) is 1. The molecule has 0 radical (unpaired) electrons. The Hall–Kier alpha value is -1.91. The second kappa shape index (κ2) is 4.64. The summed E-state index contributed by atoms with van der Waals surface area (Å²) in [5.74, 6) is 1.42. The number of methoxy groups -OCH3 is 1. The van der Waals surface area contributed by atoms with Crippen molar-refractivity contribution in [2.75, 3.05) is 26.5 Å². The minimum atomic E-state index is -0.236. The van der Waals surface area contributed by atoms with Gasteiger partial charge >= 0.3 is 6.03 Å². The molecule has 0 aromatic heterocycles. The third-order valence-electron chi connectivity index (χ3n) is 3.00. The highest BCUT2D eigenvalue weighted by Crippen LogP contribution is 2.43. The van der Waals surface area contributed by atoms with Gasteiger partial charge in [-0.15, -0.1) is 0 Å². The maximum Gasteiger partial charge on any atom is 0.321 e. The summed E-state index contributed by atoms with van der Waals surface area (Å²) in [4.78, 5) is 13.2. The van der Waals surface area contributed by atoms with E-state index in [0.29, 0.717) is 5.75 Å². The second-order valence-electron chi connectivity index (χ2n) is 5.53. The van der Waals surface area contributed by atoms with Gasteiger partial charge in [-0.05, 0) is 19.9 Å². The molecule has 1 aromatic carbocycles. The van der Waals surface area contributed by atoms with Gasteiger partial charge in [-0.1, -0.05) is 0 Å². The van der Waals surface area contributed by atoms with Crippen molar-refractivity contribution in [2.24, 2.45) is 0 Å². The molecular weight excluding hydrogens is 244 g/mol. The summed E-state index contributed by atoms with van der Waals surface area (Å²) in [7, 11) is 5.00. The SMILES string of the molecule is COc1cc(NC(=O)N(C)C)cc2c1OC(C)(C)C2. The maximum atomic E-state index is 11.7. The van der Waals surface area contributed by atoms with Crippen LogP contribution in [0.2, 0.25) is 0 Å². The van der Waals surface area contributed by atoms with Crippen LogP contribution < -0.4 is 14.8 Å². The molecule has 5 nitrogen and oxygen atoms in total. The molecule has 1 N–H and O–H groups in total. The Morgan fingerprint density at radius 2 is 2.11 bits per heavy atom. The number of hydrogen-bond acceptors (Lipinski definition) is 3. The van der Waals surface area contributed by atoms with Gasteiger partial charge in [0, 0.05) is 37.8 Å². The molecule has 0 aliphatic carbocycles. The smallest absolute Gasteiger partial charge is 0.321 e. The number of carbonyl (C=O) groups excluding carboxylic acids is 1. The fourth-order valence-electron chi connectivity index (χ4n) is 2.14. The largest absolute Gasteiger partial charge is 0.493 e. The van der Waals surface area contributed by atoms with Gasteiger partial charge in [0.05, 0.1) is 7.11 Å². The maximum absolute atomic E-state index is 11.7. The van der Waals surface area contributed by atoms with Crippen molar-refractivity contribution in [1.29, 1.82) is 0 Å². The van der Waals surface area contributed by atoms with Gasteiger partial charge in [0.1, 0.15) is 5.60 Å². The Morgan fingerprint density at radius 1 is 1.42 bits per heavy atom. The van der Waals surface area contributed by atoms with Gasteiger partial charge in [0.25, 0.3) is 0 Å². The van der Waals surface area contributed by atoms with Crippen LogP contribution in [0.15, 0.2) is 12.1 Å². The summed E-state index contributed by atoms with van der Waals surface area (Å²) < 4.78 is 11.2. The van der Waals surface area contributed by atoms with Crippen molar-refractivity contribution in [3.8, 4) is 11.5 Å². The predicted molar refractivity (Wildman–Crippen MR) is 74.1 cm³/mol. The first-order chi connectivity index (χ1) is 8.82. The summed E-state index contributed by atoms with van der Waals surface area (Å²) in [6.07, 6.45) is 0.796. The molecule has 0 saturated carbocycles. The van der Waals surface area contributed by atoms with Gasteiger partial charge in [-0.3, -0.25) is 0 Å². The molecule has 0 atom stereocenters. The Balaban J connectivity index is 2.33. The zero-order chi connectivity index (χ0) is 14.2. The van der Waals surface area contributed by atoms with Crippen molar-refractivity contribution in [1.82, 2.24) is 4.90 Å².